The van der Waals surface area contributed by atoms with Crippen LogP contribution >= 0.6 is 0 Å². The first kappa shape index (κ1) is 16.8. The summed E-state index contributed by atoms with van der Waals surface area (Å²) in [5.74, 6) is 3.98. The van der Waals surface area contributed by atoms with E-state index in [2.05, 4.69) is 31.0 Å². The fourth-order valence-electron chi connectivity index (χ4n) is 7.02. The Morgan fingerprint density at radius 1 is 1.08 bits per heavy atom. The maximum absolute atomic E-state index is 10.1. The first-order chi connectivity index (χ1) is 12.4. The normalized spacial score (nSPS) is 44.6. The molecule has 0 unspecified atom stereocenters. The van der Waals surface area contributed by atoms with E-state index in [1.165, 1.54) is 24.8 Å². The standard InChI is InChI=1S/C23H31NO2/c1-14-13-24-21(26-14)20-7-6-18-17-5-4-15-12-16(25)8-10-22(15,2)19(17)9-11-23(18,20)3/h4,7,13,16-19,25H,5-6,8-12H2,1-3H3/t16-,17-,18-,19-,22-,23-/m0/s1. The van der Waals surface area contributed by atoms with Gasteiger partial charge in [-0.1, -0.05) is 31.6 Å². The Bertz CT molecular complexity index is 790. The molecule has 4 aliphatic rings. The lowest BCUT2D eigenvalue weighted by Crippen LogP contribution is -2.49. The lowest BCUT2D eigenvalue weighted by atomic mass is 9.47. The molecule has 3 nitrogen and oxygen atoms in total. The molecule has 0 bridgehead atoms. The van der Waals surface area contributed by atoms with Gasteiger partial charge in [-0.15, -0.1) is 0 Å². The summed E-state index contributed by atoms with van der Waals surface area (Å²) in [6.45, 7) is 6.93. The predicted octanol–water partition coefficient (Wildman–Crippen LogP) is 5.30. The lowest BCUT2D eigenvalue weighted by molar-refractivity contribution is -0.0241. The van der Waals surface area contributed by atoms with Crippen LogP contribution in [0.25, 0.3) is 5.57 Å². The SMILES string of the molecule is Cc1cnc(C2=CC[C@H]3[C@@H]4CC=C5C[C@@H](O)CC[C@]5(C)[C@H]4CC[C@]23C)o1. The number of nitrogens with zero attached hydrogens (tertiary/aromatic N) is 1. The molecule has 3 heteroatoms. The predicted molar refractivity (Wildman–Crippen MR) is 102 cm³/mol. The first-order valence-corrected chi connectivity index (χ1v) is 10.4. The molecule has 2 saturated carbocycles. The van der Waals surface area contributed by atoms with Gasteiger partial charge in [0.25, 0.3) is 0 Å². The Kier molecular flexibility index (Phi) is 3.60. The van der Waals surface area contributed by atoms with Gasteiger partial charge in [-0.25, -0.2) is 4.98 Å². The zero-order valence-corrected chi connectivity index (χ0v) is 16.3. The van der Waals surface area contributed by atoms with Crippen molar-refractivity contribution < 1.29 is 9.52 Å². The molecule has 6 atom stereocenters. The molecule has 5 rings (SSSR count). The van der Waals surface area contributed by atoms with Crippen LogP contribution < -0.4 is 0 Å². The number of oxazole rings is 1. The maximum Gasteiger partial charge on any atom is 0.222 e. The van der Waals surface area contributed by atoms with Gasteiger partial charge < -0.3 is 9.52 Å². The largest absolute Gasteiger partial charge is 0.442 e. The molecule has 0 spiro atoms. The second-order valence-corrected chi connectivity index (χ2v) is 9.74. The van der Waals surface area contributed by atoms with Gasteiger partial charge in [0.2, 0.25) is 5.89 Å². The molecule has 0 aromatic carbocycles. The van der Waals surface area contributed by atoms with Crippen LogP contribution in [0.1, 0.15) is 70.4 Å². The summed E-state index contributed by atoms with van der Waals surface area (Å²) in [5, 5.41) is 10.1. The van der Waals surface area contributed by atoms with Crippen LogP contribution in [0, 0.1) is 35.5 Å². The highest BCUT2D eigenvalue weighted by atomic mass is 16.4. The van der Waals surface area contributed by atoms with E-state index >= 15 is 0 Å². The molecule has 1 heterocycles. The van der Waals surface area contributed by atoms with E-state index in [1.807, 2.05) is 13.1 Å². The van der Waals surface area contributed by atoms with Gasteiger partial charge in [0, 0.05) is 11.0 Å². The Balaban J connectivity index is 1.47. The molecule has 0 amide bonds. The molecule has 4 aliphatic carbocycles. The summed E-state index contributed by atoms with van der Waals surface area (Å²) >= 11 is 0. The highest BCUT2D eigenvalue weighted by Gasteiger charge is 2.57. The van der Waals surface area contributed by atoms with Gasteiger partial charge in [0.1, 0.15) is 5.76 Å². The van der Waals surface area contributed by atoms with Crippen molar-refractivity contribution in [3.63, 3.8) is 0 Å². The zero-order valence-electron chi connectivity index (χ0n) is 16.3. The average Bonchev–Trinajstić information content (AvgIpc) is 3.18. The second-order valence-electron chi connectivity index (χ2n) is 9.74. The molecular weight excluding hydrogens is 322 g/mol. The summed E-state index contributed by atoms with van der Waals surface area (Å²) in [6, 6.07) is 0. The van der Waals surface area contributed by atoms with Gasteiger partial charge >= 0.3 is 0 Å². The van der Waals surface area contributed by atoms with Crippen molar-refractivity contribution in [2.75, 3.05) is 0 Å². The highest BCUT2D eigenvalue weighted by Crippen LogP contribution is 2.66. The summed E-state index contributed by atoms with van der Waals surface area (Å²) in [4.78, 5) is 4.55. The Labute approximate surface area is 156 Å². The van der Waals surface area contributed by atoms with Gasteiger partial charge in [-0.05, 0) is 75.0 Å². The van der Waals surface area contributed by atoms with E-state index in [1.54, 1.807) is 5.57 Å². The van der Waals surface area contributed by atoms with Crippen molar-refractivity contribution in [1.29, 1.82) is 0 Å². The third kappa shape index (κ3) is 2.19. The molecule has 1 N–H and O–H groups in total. The topological polar surface area (TPSA) is 46.3 Å². The van der Waals surface area contributed by atoms with Gasteiger partial charge in [0.05, 0.1) is 12.3 Å². The van der Waals surface area contributed by atoms with Crippen LogP contribution in [0.15, 0.2) is 28.3 Å². The van der Waals surface area contributed by atoms with Crippen LogP contribution in [0.2, 0.25) is 0 Å². The van der Waals surface area contributed by atoms with Crippen molar-refractivity contribution in [3.8, 4) is 0 Å². The van der Waals surface area contributed by atoms with Crippen LogP contribution in [0.4, 0.5) is 0 Å². The lowest BCUT2D eigenvalue weighted by Gasteiger charge is -2.57. The smallest absolute Gasteiger partial charge is 0.222 e. The second kappa shape index (κ2) is 5.58. The van der Waals surface area contributed by atoms with E-state index in [9.17, 15) is 5.11 Å². The average molecular weight is 354 g/mol. The van der Waals surface area contributed by atoms with Gasteiger partial charge in [0.15, 0.2) is 0 Å². The van der Waals surface area contributed by atoms with Gasteiger partial charge in [-0.2, -0.15) is 0 Å². The molecule has 0 saturated heterocycles. The highest BCUT2D eigenvalue weighted by molar-refractivity contribution is 5.67. The maximum atomic E-state index is 10.1. The molecule has 0 aliphatic heterocycles. The van der Waals surface area contributed by atoms with E-state index in [0.717, 1.165) is 49.2 Å². The van der Waals surface area contributed by atoms with Crippen LogP contribution in [-0.4, -0.2) is 16.2 Å². The number of allylic oxidation sites excluding steroid dienone is 3. The van der Waals surface area contributed by atoms with Gasteiger partial charge in [-0.3, -0.25) is 0 Å². The molecule has 1 aromatic rings. The Morgan fingerprint density at radius 3 is 2.65 bits per heavy atom. The number of aliphatic hydroxyl groups excluding tert-OH is 1. The van der Waals surface area contributed by atoms with Crippen molar-refractivity contribution in [1.82, 2.24) is 4.98 Å². The molecule has 2 fully saturated rings. The summed E-state index contributed by atoms with van der Waals surface area (Å²) < 4.78 is 5.92. The number of rotatable bonds is 1. The van der Waals surface area contributed by atoms with Crippen molar-refractivity contribution in [3.05, 3.63) is 35.6 Å². The number of hydrogen-bond donors (Lipinski definition) is 1. The number of aryl methyl sites for hydroxylation is 1. The Hall–Kier alpha value is -1.35. The Morgan fingerprint density at radius 2 is 1.88 bits per heavy atom. The monoisotopic (exact) mass is 353 g/mol. The molecule has 1 aromatic heterocycles. The minimum absolute atomic E-state index is 0.118. The van der Waals surface area contributed by atoms with E-state index in [0.29, 0.717) is 11.3 Å². The van der Waals surface area contributed by atoms with E-state index in [-0.39, 0.29) is 11.5 Å². The molecule has 0 radical (unpaired) electrons. The fraction of sp³-hybridized carbons (Fsp3) is 0.696. The number of hydrogen-bond acceptors (Lipinski definition) is 3. The van der Waals surface area contributed by atoms with Crippen LogP contribution in [0.5, 0.6) is 0 Å². The molecule has 26 heavy (non-hydrogen) atoms. The van der Waals surface area contributed by atoms with Crippen LogP contribution in [0.3, 0.4) is 0 Å². The van der Waals surface area contributed by atoms with E-state index in [4.69, 9.17) is 4.42 Å². The molecule has 140 valence electrons. The van der Waals surface area contributed by atoms with E-state index < -0.39 is 0 Å². The quantitative estimate of drug-likeness (QED) is 0.697. The fourth-order valence-corrected chi connectivity index (χ4v) is 7.02. The van der Waals surface area contributed by atoms with Crippen LogP contribution in [-0.2, 0) is 0 Å². The third-order valence-corrected chi connectivity index (χ3v) is 8.51. The first-order valence-electron chi connectivity index (χ1n) is 10.4. The van der Waals surface area contributed by atoms with Crippen molar-refractivity contribution in [2.45, 2.75) is 71.8 Å². The summed E-state index contributed by atoms with van der Waals surface area (Å²) in [6.07, 6.45) is 14.6. The van der Waals surface area contributed by atoms with Crippen molar-refractivity contribution >= 4 is 5.57 Å². The molecular formula is C23H31NO2. The number of aromatic nitrogens is 1. The number of aliphatic hydroxyl groups is 1. The number of fused-ring (bicyclic) bond motifs is 5. The van der Waals surface area contributed by atoms with Crippen molar-refractivity contribution in [2.24, 2.45) is 28.6 Å². The minimum atomic E-state index is -0.118. The third-order valence-electron chi connectivity index (χ3n) is 8.51. The summed E-state index contributed by atoms with van der Waals surface area (Å²) in [7, 11) is 0. The minimum Gasteiger partial charge on any atom is -0.442 e. The summed E-state index contributed by atoms with van der Waals surface area (Å²) in [5.41, 5.74) is 3.42. The zero-order chi connectivity index (χ0) is 18.1.